The molecule has 5 heteroatoms. The minimum atomic E-state index is 0.758. The van der Waals surface area contributed by atoms with Crippen molar-refractivity contribution in [2.75, 3.05) is 46.4 Å². The van der Waals surface area contributed by atoms with E-state index < -0.39 is 0 Å². The summed E-state index contributed by atoms with van der Waals surface area (Å²) in [5, 5.41) is 0. The van der Waals surface area contributed by atoms with E-state index in [1.807, 2.05) is 0 Å². The molecule has 1 aliphatic rings. The Morgan fingerprint density at radius 1 is 0.875 bits per heavy atom. The van der Waals surface area contributed by atoms with E-state index in [1.165, 1.54) is 61.6 Å². The van der Waals surface area contributed by atoms with Crippen LogP contribution in [0.1, 0.15) is 36.2 Å². The maximum atomic E-state index is 5.98. The summed E-state index contributed by atoms with van der Waals surface area (Å²) in [7, 11) is 2.21. The Balaban J connectivity index is 1.29. The molecule has 5 nitrogen and oxygen atoms in total. The van der Waals surface area contributed by atoms with Gasteiger partial charge in [0.1, 0.15) is 11.6 Å². The van der Waals surface area contributed by atoms with Gasteiger partial charge in [0.05, 0.1) is 17.6 Å². The fraction of sp³-hybridized carbons (Fsp3) is 0.519. The van der Waals surface area contributed by atoms with Crippen LogP contribution in [-0.4, -0.2) is 65.7 Å². The van der Waals surface area contributed by atoms with Crippen LogP contribution in [0, 0.1) is 13.8 Å². The first kappa shape index (κ1) is 22.8. The highest BCUT2D eigenvalue weighted by atomic mass is 16.5. The van der Waals surface area contributed by atoms with Gasteiger partial charge in [-0.15, -0.1) is 0 Å². The molecule has 1 saturated heterocycles. The van der Waals surface area contributed by atoms with Crippen LogP contribution in [0.15, 0.2) is 42.5 Å². The summed E-state index contributed by atoms with van der Waals surface area (Å²) in [6.07, 6.45) is 4.35. The summed E-state index contributed by atoms with van der Waals surface area (Å²) >= 11 is 0. The van der Waals surface area contributed by atoms with Crippen LogP contribution in [-0.2, 0) is 13.0 Å². The molecule has 0 amide bonds. The SMILES string of the molecule is Cc1ccc(OCCCCn2c(CCCN3CCN(C)CC3)nc3ccccc32)cc1C. The van der Waals surface area contributed by atoms with E-state index in [2.05, 4.69) is 77.7 Å². The smallest absolute Gasteiger partial charge is 0.119 e. The third kappa shape index (κ3) is 5.90. The molecule has 0 N–H and O–H groups in total. The molecule has 2 aromatic carbocycles. The molecule has 0 radical (unpaired) electrons. The number of imidazole rings is 1. The van der Waals surface area contributed by atoms with Gasteiger partial charge in [0.15, 0.2) is 0 Å². The molecule has 172 valence electrons. The first-order chi connectivity index (χ1) is 15.6. The Hall–Kier alpha value is -2.37. The van der Waals surface area contributed by atoms with Crippen molar-refractivity contribution < 1.29 is 4.74 Å². The molecule has 0 saturated carbocycles. The molecule has 1 fully saturated rings. The highest BCUT2D eigenvalue weighted by molar-refractivity contribution is 5.75. The highest BCUT2D eigenvalue weighted by Gasteiger charge is 2.15. The molecule has 4 rings (SSSR count). The largest absolute Gasteiger partial charge is 0.494 e. The van der Waals surface area contributed by atoms with Crippen molar-refractivity contribution in [3.8, 4) is 5.75 Å². The molecule has 0 bridgehead atoms. The number of aromatic nitrogens is 2. The van der Waals surface area contributed by atoms with E-state index in [-0.39, 0.29) is 0 Å². The van der Waals surface area contributed by atoms with Crippen LogP contribution in [0.4, 0.5) is 0 Å². The van der Waals surface area contributed by atoms with Gasteiger partial charge in [-0.2, -0.15) is 0 Å². The third-order valence-electron chi connectivity index (χ3n) is 6.73. The number of hydrogen-bond donors (Lipinski definition) is 0. The predicted octanol–water partition coefficient (Wildman–Crippen LogP) is 4.69. The number of piperazine rings is 1. The topological polar surface area (TPSA) is 33.5 Å². The zero-order valence-corrected chi connectivity index (χ0v) is 20.0. The fourth-order valence-electron chi connectivity index (χ4n) is 4.46. The lowest BCUT2D eigenvalue weighted by Crippen LogP contribution is -2.44. The summed E-state index contributed by atoms with van der Waals surface area (Å²) in [6, 6.07) is 14.9. The van der Waals surface area contributed by atoms with Crippen LogP contribution in [0.25, 0.3) is 11.0 Å². The Morgan fingerprint density at radius 3 is 2.50 bits per heavy atom. The number of rotatable bonds is 10. The van der Waals surface area contributed by atoms with Crippen molar-refractivity contribution in [1.82, 2.24) is 19.4 Å². The molecule has 2 heterocycles. The number of nitrogens with zero attached hydrogens (tertiary/aromatic N) is 4. The van der Waals surface area contributed by atoms with Gasteiger partial charge < -0.3 is 19.1 Å². The van der Waals surface area contributed by atoms with Gasteiger partial charge in [-0.3, -0.25) is 0 Å². The van der Waals surface area contributed by atoms with E-state index in [1.54, 1.807) is 0 Å². The predicted molar refractivity (Wildman–Crippen MR) is 133 cm³/mol. The Labute approximate surface area is 193 Å². The number of fused-ring (bicyclic) bond motifs is 1. The zero-order valence-electron chi connectivity index (χ0n) is 20.0. The second-order valence-corrected chi connectivity index (χ2v) is 9.22. The minimum absolute atomic E-state index is 0.758. The maximum absolute atomic E-state index is 5.98. The molecular formula is C27H38N4O. The summed E-state index contributed by atoms with van der Waals surface area (Å²) in [5.41, 5.74) is 4.98. The van der Waals surface area contributed by atoms with Crippen LogP contribution in [0.2, 0.25) is 0 Å². The van der Waals surface area contributed by atoms with Crippen LogP contribution in [0.5, 0.6) is 5.75 Å². The van der Waals surface area contributed by atoms with Gasteiger partial charge in [0.2, 0.25) is 0 Å². The molecule has 0 aliphatic carbocycles. The van der Waals surface area contributed by atoms with Gasteiger partial charge in [0, 0.05) is 39.1 Å². The van der Waals surface area contributed by atoms with E-state index in [9.17, 15) is 0 Å². The average molecular weight is 435 g/mol. The Morgan fingerprint density at radius 2 is 1.69 bits per heavy atom. The Bertz CT molecular complexity index is 1000. The normalized spacial score (nSPS) is 15.5. The summed E-state index contributed by atoms with van der Waals surface area (Å²) in [5.74, 6) is 2.21. The molecule has 32 heavy (non-hydrogen) atoms. The van der Waals surface area contributed by atoms with Crippen molar-refractivity contribution >= 4 is 11.0 Å². The zero-order chi connectivity index (χ0) is 22.3. The lowest BCUT2D eigenvalue weighted by molar-refractivity contribution is 0.152. The van der Waals surface area contributed by atoms with Gasteiger partial charge >= 0.3 is 0 Å². The lowest BCUT2D eigenvalue weighted by atomic mass is 10.1. The van der Waals surface area contributed by atoms with E-state index in [0.29, 0.717) is 0 Å². The highest BCUT2D eigenvalue weighted by Crippen LogP contribution is 2.19. The first-order valence-electron chi connectivity index (χ1n) is 12.2. The van der Waals surface area contributed by atoms with Gasteiger partial charge in [-0.1, -0.05) is 18.2 Å². The number of ether oxygens (including phenoxy) is 1. The second-order valence-electron chi connectivity index (χ2n) is 9.22. The average Bonchev–Trinajstić information content (AvgIpc) is 3.15. The second kappa shape index (κ2) is 11.0. The quantitative estimate of drug-likeness (QED) is 0.434. The standard InChI is InChI=1S/C27H38N4O/c1-22-12-13-24(21-23(22)2)32-20-7-6-15-31-26-10-5-4-9-25(26)28-27(31)11-8-14-30-18-16-29(3)17-19-30/h4-5,9-10,12-13,21H,6-8,11,14-20H2,1-3H3. The number of aryl methyl sites for hydroxylation is 4. The number of para-hydroxylation sites is 2. The number of hydrogen-bond acceptors (Lipinski definition) is 4. The minimum Gasteiger partial charge on any atom is -0.494 e. The number of likely N-dealkylation sites (N-methyl/N-ethyl adjacent to an activating group) is 1. The summed E-state index contributed by atoms with van der Waals surface area (Å²) in [4.78, 5) is 9.99. The molecular weight excluding hydrogens is 396 g/mol. The van der Waals surface area contributed by atoms with Crippen molar-refractivity contribution in [2.24, 2.45) is 0 Å². The number of unbranched alkanes of at least 4 members (excludes halogenated alkanes) is 1. The van der Waals surface area contributed by atoms with Crippen LogP contribution < -0.4 is 4.74 Å². The fourth-order valence-corrected chi connectivity index (χ4v) is 4.46. The Kier molecular flexibility index (Phi) is 7.82. The molecule has 0 spiro atoms. The van der Waals surface area contributed by atoms with Crippen molar-refractivity contribution in [3.05, 3.63) is 59.4 Å². The van der Waals surface area contributed by atoms with Crippen molar-refractivity contribution in [2.45, 2.75) is 46.1 Å². The van der Waals surface area contributed by atoms with Crippen LogP contribution >= 0.6 is 0 Å². The van der Waals surface area contributed by atoms with Gasteiger partial charge in [-0.25, -0.2) is 4.98 Å². The molecule has 0 atom stereocenters. The number of benzene rings is 2. The van der Waals surface area contributed by atoms with E-state index in [4.69, 9.17) is 9.72 Å². The van der Waals surface area contributed by atoms with Gasteiger partial charge in [0.25, 0.3) is 0 Å². The summed E-state index contributed by atoms with van der Waals surface area (Å²) in [6.45, 7) is 11.9. The molecule has 1 aliphatic heterocycles. The van der Waals surface area contributed by atoms with Crippen molar-refractivity contribution in [3.63, 3.8) is 0 Å². The van der Waals surface area contributed by atoms with E-state index in [0.717, 1.165) is 43.7 Å². The van der Waals surface area contributed by atoms with Crippen LogP contribution in [0.3, 0.4) is 0 Å². The first-order valence-corrected chi connectivity index (χ1v) is 12.2. The maximum Gasteiger partial charge on any atom is 0.119 e. The lowest BCUT2D eigenvalue weighted by Gasteiger charge is -2.32. The van der Waals surface area contributed by atoms with Gasteiger partial charge in [-0.05, 0) is 82.1 Å². The van der Waals surface area contributed by atoms with Crippen molar-refractivity contribution in [1.29, 1.82) is 0 Å². The molecule has 3 aromatic rings. The molecule has 0 unspecified atom stereocenters. The summed E-state index contributed by atoms with van der Waals surface area (Å²) < 4.78 is 8.42. The monoisotopic (exact) mass is 434 g/mol. The van der Waals surface area contributed by atoms with E-state index >= 15 is 0 Å². The third-order valence-corrected chi connectivity index (χ3v) is 6.73. The molecule has 1 aromatic heterocycles.